The van der Waals surface area contributed by atoms with Crippen molar-refractivity contribution in [2.24, 2.45) is 11.8 Å². The van der Waals surface area contributed by atoms with Crippen LogP contribution in [0.3, 0.4) is 0 Å². The summed E-state index contributed by atoms with van der Waals surface area (Å²) in [4.78, 5) is 26.9. The number of benzene rings is 1. The minimum atomic E-state index is -0.0282. The number of fused-ring (bicyclic) bond motifs is 1. The zero-order valence-electron chi connectivity index (χ0n) is 19.2. The fourth-order valence-electron chi connectivity index (χ4n) is 4.40. The number of aryl methyl sites for hydroxylation is 2. The molecule has 1 saturated carbocycles. The van der Waals surface area contributed by atoms with E-state index < -0.39 is 0 Å². The maximum Gasteiger partial charge on any atom is 0.223 e. The van der Waals surface area contributed by atoms with Gasteiger partial charge in [0.1, 0.15) is 5.82 Å². The Bertz CT molecular complexity index is 1110. The number of nitrogens with zero attached hydrogens (tertiary/aromatic N) is 4. The van der Waals surface area contributed by atoms with Crippen molar-refractivity contribution in [1.29, 1.82) is 0 Å². The van der Waals surface area contributed by atoms with Gasteiger partial charge in [0.2, 0.25) is 11.8 Å². The minimum Gasteiger partial charge on any atom is -0.477 e. The van der Waals surface area contributed by atoms with Crippen LogP contribution >= 0.6 is 0 Å². The lowest BCUT2D eigenvalue weighted by molar-refractivity contribution is -0.125. The second-order valence-electron chi connectivity index (χ2n) is 9.13. The lowest BCUT2D eigenvalue weighted by atomic mass is 9.99. The lowest BCUT2D eigenvalue weighted by Crippen LogP contribution is -2.33. The smallest absolute Gasteiger partial charge is 0.223 e. The summed E-state index contributed by atoms with van der Waals surface area (Å²) in [5, 5.41) is 3.12. The van der Waals surface area contributed by atoms with Gasteiger partial charge in [0, 0.05) is 42.5 Å². The lowest BCUT2D eigenvalue weighted by Gasteiger charge is -2.15. The van der Waals surface area contributed by atoms with Crippen molar-refractivity contribution in [2.45, 2.75) is 52.0 Å². The third kappa shape index (κ3) is 5.24. The van der Waals surface area contributed by atoms with Gasteiger partial charge in [-0.05, 0) is 51.4 Å². The van der Waals surface area contributed by atoms with E-state index in [2.05, 4.69) is 10.3 Å². The van der Waals surface area contributed by atoms with Crippen molar-refractivity contribution in [3.8, 4) is 17.3 Å². The van der Waals surface area contributed by atoms with Gasteiger partial charge in [-0.2, -0.15) is 4.98 Å². The number of nitrogens with one attached hydrogen (secondary N) is 1. The molecule has 1 aromatic carbocycles. The highest BCUT2D eigenvalue weighted by Gasteiger charge is 2.28. The molecule has 0 radical (unpaired) electrons. The number of hydrogen-bond acceptors (Lipinski definition) is 5. The third-order valence-corrected chi connectivity index (χ3v) is 6.66. The van der Waals surface area contributed by atoms with Gasteiger partial charge in [-0.25, -0.2) is 9.97 Å². The van der Waals surface area contributed by atoms with E-state index in [0.717, 1.165) is 61.5 Å². The van der Waals surface area contributed by atoms with E-state index in [1.54, 1.807) is 6.20 Å². The van der Waals surface area contributed by atoms with Crippen LogP contribution in [-0.4, -0.2) is 38.6 Å². The second-order valence-corrected chi connectivity index (χ2v) is 9.13. The van der Waals surface area contributed by atoms with E-state index in [1.165, 1.54) is 12.8 Å². The van der Waals surface area contributed by atoms with Gasteiger partial charge in [-0.15, -0.1) is 0 Å². The Hall–Kier alpha value is -3.22. The molecule has 1 unspecified atom stereocenters. The molecule has 1 fully saturated rings. The molecule has 3 aromatic rings. The van der Waals surface area contributed by atoms with Gasteiger partial charge in [0.05, 0.1) is 12.3 Å². The Morgan fingerprint density at radius 3 is 2.70 bits per heavy atom. The van der Waals surface area contributed by atoms with Crippen LogP contribution in [0, 0.1) is 18.8 Å². The number of aromatic nitrogens is 4. The molecular formula is C26H31N5O2. The number of amides is 1. The first-order valence-electron chi connectivity index (χ1n) is 12.0. The van der Waals surface area contributed by atoms with Crippen molar-refractivity contribution < 1.29 is 9.53 Å². The van der Waals surface area contributed by atoms with Crippen molar-refractivity contribution in [1.82, 2.24) is 24.8 Å². The molecular weight excluding hydrogens is 414 g/mol. The average molecular weight is 446 g/mol. The highest BCUT2D eigenvalue weighted by Crippen LogP contribution is 2.34. The Labute approximate surface area is 194 Å². The average Bonchev–Trinajstić information content (AvgIpc) is 3.62. The van der Waals surface area contributed by atoms with Crippen LogP contribution in [0.1, 0.15) is 42.8 Å². The van der Waals surface area contributed by atoms with Crippen LogP contribution in [0.5, 0.6) is 5.88 Å². The summed E-state index contributed by atoms with van der Waals surface area (Å²) in [6, 6.07) is 10.1. The van der Waals surface area contributed by atoms with Crippen LogP contribution in [0.2, 0.25) is 0 Å². The van der Waals surface area contributed by atoms with E-state index in [-0.39, 0.29) is 11.8 Å². The quantitative estimate of drug-likeness (QED) is 0.534. The monoisotopic (exact) mass is 445 g/mol. The van der Waals surface area contributed by atoms with E-state index in [0.29, 0.717) is 24.2 Å². The maximum absolute atomic E-state index is 12.9. The molecule has 0 spiro atoms. The van der Waals surface area contributed by atoms with Crippen LogP contribution in [-0.2, 0) is 24.2 Å². The Balaban J connectivity index is 1.28. The van der Waals surface area contributed by atoms with Gasteiger partial charge >= 0.3 is 0 Å². The molecule has 1 amide bonds. The summed E-state index contributed by atoms with van der Waals surface area (Å²) in [5.74, 6) is 3.12. The van der Waals surface area contributed by atoms with E-state index >= 15 is 0 Å². The van der Waals surface area contributed by atoms with E-state index in [4.69, 9.17) is 14.7 Å². The first-order chi connectivity index (χ1) is 16.2. The van der Waals surface area contributed by atoms with Crippen molar-refractivity contribution >= 4 is 5.91 Å². The third-order valence-electron chi connectivity index (χ3n) is 6.66. The van der Waals surface area contributed by atoms with Crippen LogP contribution < -0.4 is 10.1 Å². The number of carbonyl (C=O) groups excluding carboxylic acids is 1. The number of rotatable bonds is 8. The molecule has 33 heavy (non-hydrogen) atoms. The van der Waals surface area contributed by atoms with E-state index in [1.807, 2.05) is 48.0 Å². The predicted molar refractivity (Wildman–Crippen MR) is 126 cm³/mol. The molecule has 5 rings (SSSR count). The standard InChI is InChI=1S/C26H31N5O2/c1-18-27-13-15-31(18)16-14-28-25(32)21-9-11-22-23(12-10-21)29-24(20-5-3-2-4-6-20)30-26(22)33-17-19-7-8-19/h2-6,13,15,19,21H,7-12,14,16-17H2,1H3,(H,28,32). The first kappa shape index (κ1) is 21.6. The van der Waals surface area contributed by atoms with Gasteiger partial charge in [0.25, 0.3) is 0 Å². The summed E-state index contributed by atoms with van der Waals surface area (Å²) in [7, 11) is 0. The van der Waals surface area contributed by atoms with Gasteiger partial charge < -0.3 is 14.6 Å². The fraction of sp³-hybridized carbons (Fsp3) is 0.462. The largest absolute Gasteiger partial charge is 0.477 e. The maximum atomic E-state index is 12.9. The van der Waals surface area contributed by atoms with Gasteiger partial charge in [-0.1, -0.05) is 30.3 Å². The zero-order valence-corrected chi connectivity index (χ0v) is 19.2. The molecule has 172 valence electrons. The highest BCUT2D eigenvalue weighted by atomic mass is 16.5. The summed E-state index contributed by atoms with van der Waals surface area (Å²) < 4.78 is 8.25. The molecule has 2 aromatic heterocycles. The van der Waals surface area contributed by atoms with Crippen LogP contribution in [0.15, 0.2) is 42.7 Å². The fourth-order valence-corrected chi connectivity index (χ4v) is 4.40. The second kappa shape index (κ2) is 9.73. The molecule has 0 aliphatic heterocycles. The minimum absolute atomic E-state index is 0.0282. The summed E-state index contributed by atoms with van der Waals surface area (Å²) >= 11 is 0. The molecule has 0 saturated heterocycles. The van der Waals surface area contributed by atoms with Gasteiger partial charge in [-0.3, -0.25) is 4.79 Å². The van der Waals surface area contributed by atoms with Crippen molar-refractivity contribution in [3.05, 3.63) is 59.8 Å². The van der Waals surface area contributed by atoms with Crippen molar-refractivity contribution in [2.75, 3.05) is 13.2 Å². The van der Waals surface area contributed by atoms with Crippen LogP contribution in [0.4, 0.5) is 0 Å². The van der Waals surface area contributed by atoms with Crippen molar-refractivity contribution in [3.63, 3.8) is 0 Å². The molecule has 0 bridgehead atoms. The summed E-state index contributed by atoms with van der Waals surface area (Å²) in [6.45, 7) is 4.02. The zero-order chi connectivity index (χ0) is 22.6. The normalized spacial score (nSPS) is 17.8. The SMILES string of the molecule is Cc1nccn1CCNC(=O)C1CCc2nc(-c3ccccc3)nc(OCC3CC3)c2CC1. The molecule has 1 atom stereocenters. The Morgan fingerprint density at radius 1 is 1.12 bits per heavy atom. The van der Waals surface area contributed by atoms with Gasteiger partial charge in [0.15, 0.2) is 5.82 Å². The topological polar surface area (TPSA) is 81.9 Å². The highest BCUT2D eigenvalue weighted by molar-refractivity contribution is 5.78. The number of imidazole rings is 1. The Kier molecular flexibility index (Phi) is 6.37. The Morgan fingerprint density at radius 2 is 1.94 bits per heavy atom. The molecule has 1 N–H and O–H groups in total. The summed E-state index contributed by atoms with van der Waals surface area (Å²) in [6.07, 6.45) is 9.30. The molecule has 2 aliphatic carbocycles. The number of carbonyl (C=O) groups is 1. The molecule has 2 aliphatic rings. The predicted octanol–water partition coefficient (Wildman–Crippen LogP) is 3.75. The van der Waals surface area contributed by atoms with E-state index in [9.17, 15) is 4.79 Å². The molecule has 7 nitrogen and oxygen atoms in total. The molecule has 7 heteroatoms. The number of ether oxygens (including phenoxy) is 1. The molecule has 2 heterocycles. The summed E-state index contributed by atoms with van der Waals surface area (Å²) in [5.41, 5.74) is 3.10. The number of hydrogen-bond donors (Lipinski definition) is 1. The first-order valence-corrected chi connectivity index (χ1v) is 12.0. The van der Waals surface area contributed by atoms with Crippen LogP contribution in [0.25, 0.3) is 11.4 Å².